The number of benzene rings is 1. The van der Waals surface area contributed by atoms with Gasteiger partial charge in [0, 0.05) is 17.6 Å². The molecule has 0 bridgehead atoms. The van der Waals surface area contributed by atoms with E-state index in [-0.39, 0.29) is 0 Å². The largest absolute Gasteiger partial charge is 0.369 e. The lowest BCUT2D eigenvalue weighted by atomic mass is 10.1. The van der Waals surface area contributed by atoms with Crippen LogP contribution in [0.15, 0.2) is 30.3 Å². The first-order valence-electron chi connectivity index (χ1n) is 4.85. The molecule has 0 unspecified atom stereocenters. The zero-order valence-corrected chi connectivity index (χ0v) is 9.17. The number of aromatic nitrogens is 2. The van der Waals surface area contributed by atoms with Crippen LogP contribution in [0.2, 0.25) is 5.02 Å². The van der Waals surface area contributed by atoms with Crippen molar-refractivity contribution >= 4 is 17.4 Å². The average molecular weight is 222 g/mol. The minimum atomic E-state index is 0.741. The van der Waals surface area contributed by atoms with Gasteiger partial charge in [-0.2, -0.15) is 5.10 Å². The quantitative estimate of drug-likeness (QED) is 0.836. The lowest BCUT2D eigenvalue weighted by molar-refractivity contribution is 1.07. The number of rotatable bonds is 3. The summed E-state index contributed by atoms with van der Waals surface area (Å²) in [7, 11) is 0. The van der Waals surface area contributed by atoms with Crippen molar-refractivity contribution in [2.24, 2.45) is 0 Å². The molecule has 0 aliphatic rings. The molecule has 1 heterocycles. The molecule has 0 radical (unpaired) electrons. The number of aromatic amines is 1. The third kappa shape index (κ3) is 2.30. The maximum Gasteiger partial charge on any atom is 0.148 e. The van der Waals surface area contributed by atoms with Crippen molar-refractivity contribution in [2.75, 3.05) is 11.9 Å². The zero-order valence-electron chi connectivity index (χ0n) is 8.42. The molecule has 78 valence electrons. The highest BCUT2D eigenvalue weighted by Gasteiger charge is 2.02. The molecule has 0 atom stereocenters. The van der Waals surface area contributed by atoms with Gasteiger partial charge in [-0.3, -0.25) is 5.10 Å². The van der Waals surface area contributed by atoms with E-state index in [4.69, 9.17) is 11.6 Å². The Morgan fingerprint density at radius 2 is 2.07 bits per heavy atom. The molecule has 0 saturated carbocycles. The molecule has 2 aromatic rings. The molecule has 2 N–H and O–H groups in total. The maximum absolute atomic E-state index is 5.82. The van der Waals surface area contributed by atoms with E-state index >= 15 is 0 Å². The van der Waals surface area contributed by atoms with Crippen molar-refractivity contribution in [2.45, 2.75) is 6.92 Å². The van der Waals surface area contributed by atoms with E-state index in [1.165, 1.54) is 0 Å². The summed E-state index contributed by atoms with van der Waals surface area (Å²) < 4.78 is 0. The summed E-state index contributed by atoms with van der Waals surface area (Å²) in [6, 6.07) is 9.64. The van der Waals surface area contributed by atoms with Crippen LogP contribution in [0.3, 0.4) is 0 Å². The van der Waals surface area contributed by atoms with Crippen LogP contribution in [0.1, 0.15) is 6.92 Å². The highest BCUT2D eigenvalue weighted by molar-refractivity contribution is 6.30. The Bertz CT molecular complexity index is 433. The Hall–Kier alpha value is -1.48. The number of nitrogens with one attached hydrogen (secondary N) is 2. The fourth-order valence-corrected chi connectivity index (χ4v) is 1.50. The number of anilines is 1. The molecule has 0 fully saturated rings. The molecule has 1 aromatic heterocycles. The Balaban J connectivity index is 2.25. The van der Waals surface area contributed by atoms with Gasteiger partial charge in [0.25, 0.3) is 0 Å². The summed E-state index contributed by atoms with van der Waals surface area (Å²) >= 11 is 5.82. The van der Waals surface area contributed by atoms with Crippen LogP contribution in [0, 0.1) is 0 Å². The predicted molar refractivity (Wildman–Crippen MR) is 63.2 cm³/mol. The van der Waals surface area contributed by atoms with E-state index in [1.54, 1.807) is 0 Å². The van der Waals surface area contributed by atoms with Crippen LogP contribution in [0.4, 0.5) is 5.82 Å². The number of hydrogen-bond acceptors (Lipinski definition) is 2. The number of halogens is 1. The van der Waals surface area contributed by atoms with Crippen molar-refractivity contribution in [1.82, 2.24) is 10.2 Å². The first-order valence-corrected chi connectivity index (χ1v) is 5.22. The van der Waals surface area contributed by atoms with Gasteiger partial charge in [0.15, 0.2) is 0 Å². The van der Waals surface area contributed by atoms with Gasteiger partial charge < -0.3 is 5.32 Å². The highest BCUT2D eigenvalue weighted by atomic mass is 35.5. The van der Waals surface area contributed by atoms with Gasteiger partial charge in [0.05, 0.1) is 5.69 Å². The standard InChI is InChI=1S/C11H12ClN3/c1-2-13-11-7-10(14-15-11)8-3-5-9(12)6-4-8/h3-7H,2H2,1H3,(H2,13,14,15). The summed E-state index contributed by atoms with van der Waals surface area (Å²) in [4.78, 5) is 0. The molecular weight excluding hydrogens is 210 g/mol. The van der Waals surface area contributed by atoms with Crippen molar-refractivity contribution in [1.29, 1.82) is 0 Å². The normalized spacial score (nSPS) is 10.3. The second-order valence-corrected chi connectivity index (χ2v) is 3.64. The zero-order chi connectivity index (χ0) is 10.7. The smallest absolute Gasteiger partial charge is 0.148 e. The van der Waals surface area contributed by atoms with Crippen LogP contribution in [-0.2, 0) is 0 Å². The van der Waals surface area contributed by atoms with E-state index in [2.05, 4.69) is 15.5 Å². The molecule has 3 nitrogen and oxygen atoms in total. The van der Waals surface area contributed by atoms with E-state index in [9.17, 15) is 0 Å². The fourth-order valence-electron chi connectivity index (χ4n) is 1.37. The van der Waals surface area contributed by atoms with Crippen molar-refractivity contribution in [3.63, 3.8) is 0 Å². The van der Waals surface area contributed by atoms with Gasteiger partial charge in [-0.15, -0.1) is 0 Å². The summed E-state index contributed by atoms with van der Waals surface area (Å²) in [6.45, 7) is 2.90. The molecule has 0 aliphatic carbocycles. The van der Waals surface area contributed by atoms with E-state index in [0.29, 0.717) is 0 Å². The molecule has 1 aromatic carbocycles. The molecular formula is C11H12ClN3. The van der Waals surface area contributed by atoms with E-state index < -0.39 is 0 Å². The Morgan fingerprint density at radius 3 is 2.73 bits per heavy atom. The summed E-state index contributed by atoms with van der Waals surface area (Å²) in [6.07, 6.45) is 0. The number of hydrogen-bond donors (Lipinski definition) is 2. The van der Waals surface area contributed by atoms with Crippen molar-refractivity contribution in [3.8, 4) is 11.3 Å². The summed E-state index contributed by atoms with van der Waals surface area (Å²) in [5, 5.41) is 11.0. The Kier molecular flexibility index (Phi) is 2.92. The Labute approximate surface area is 93.5 Å². The first kappa shape index (κ1) is 10.1. The molecule has 15 heavy (non-hydrogen) atoms. The number of H-pyrrole nitrogens is 1. The second-order valence-electron chi connectivity index (χ2n) is 3.20. The fraction of sp³-hybridized carbons (Fsp3) is 0.182. The first-order chi connectivity index (χ1) is 7.29. The third-order valence-corrected chi connectivity index (χ3v) is 2.34. The Morgan fingerprint density at radius 1 is 1.33 bits per heavy atom. The average Bonchev–Trinajstić information content (AvgIpc) is 2.68. The van der Waals surface area contributed by atoms with Gasteiger partial charge in [0.2, 0.25) is 0 Å². The lowest BCUT2D eigenvalue weighted by Crippen LogP contribution is -1.95. The molecule has 0 saturated heterocycles. The van der Waals surface area contributed by atoms with Crippen LogP contribution in [0.5, 0.6) is 0 Å². The highest BCUT2D eigenvalue weighted by Crippen LogP contribution is 2.21. The van der Waals surface area contributed by atoms with Crippen molar-refractivity contribution in [3.05, 3.63) is 35.4 Å². The number of nitrogens with zero attached hydrogens (tertiary/aromatic N) is 1. The van der Waals surface area contributed by atoms with Crippen LogP contribution >= 0.6 is 11.6 Å². The third-order valence-electron chi connectivity index (χ3n) is 2.09. The molecule has 0 amide bonds. The lowest BCUT2D eigenvalue weighted by Gasteiger charge is -1.96. The molecule has 4 heteroatoms. The maximum atomic E-state index is 5.82. The summed E-state index contributed by atoms with van der Waals surface area (Å²) in [5.41, 5.74) is 2.07. The van der Waals surface area contributed by atoms with Crippen LogP contribution < -0.4 is 5.32 Å². The minimum absolute atomic E-state index is 0.741. The van der Waals surface area contributed by atoms with Gasteiger partial charge in [-0.05, 0) is 24.6 Å². The predicted octanol–water partition coefficient (Wildman–Crippen LogP) is 3.16. The minimum Gasteiger partial charge on any atom is -0.369 e. The van der Waals surface area contributed by atoms with Gasteiger partial charge in [-0.1, -0.05) is 23.7 Å². The SMILES string of the molecule is CCNc1cc(-c2ccc(Cl)cc2)[nH]n1. The van der Waals surface area contributed by atoms with Crippen molar-refractivity contribution < 1.29 is 0 Å². The summed E-state index contributed by atoms with van der Waals surface area (Å²) in [5.74, 6) is 0.863. The monoisotopic (exact) mass is 221 g/mol. The van der Waals surface area contributed by atoms with Gasteiger partial charge in [-0.25, -0.2) is 0 Å². The van der Waals surface area contributed by atoms with Gasteiger partial charge in [0.1, 0.15) is 5.82 Å². The molecule has 0 aliphatic heterocycles. The van der Waals surface area contributed by atoms with Crippen LogP contribution in [-0.4, -0.2) is 16.7 Å². The van der Waals surface area contributed by atoms with Crippen LogP contribution in [0.25, 0.3) is 11.3 Å². The van der Waals surface area contributed by atoms with E-state index in [0.717, 1.165) is 28.6 Å². The molecule has 0 spiro atoms. The van der Waals surface area contributed by atoms with E-state index in [1.807, 2.05) is 37.3 Å². The topological polar surface area (TPSA) is 40.7 Å². The molecule has 2 rings (SSSR count). The second kappa shape index (κ2) is 4.36. The van der Waals surface area contributed by atoms with Gasteiger partial charge >= 0.3 is 0 Å².